The van der Waals surface area contributed by atoms with Gasteiger partial charge in [0.15, 0.2) is 16.3 Å². The van der Waals surface area contributed by atoms with E-state index in [1.165, 1.54) is 0 Å². The van der Waals surface area contributed by atoms with Crippen molar-refractivity contribution in [1.29, 1.82) is 0 Å². The fourth-order valence-electron chi connectivity index (χ4n) is 1.88. The molecule has 0 aliphatic rings. The third-order valence-corrected chi connectivity index (χ3v) is 4.56. The Morgan fingerprint density at radius 2 is 1.45 bits per heavy atom. The van der Waals surface area contributed by atoms with Crippen LogP contribution in [0.5, 0.6) is 11.5 Å². The largest absolute Gasteiger partial charge is 0.506 e. The monoisotopic (exact) mass is 349 g/mol. The van der Waals surface area contributed by atoms with Crippen LogP contribution in [0.2, 0.25) is 0 Å². The van der Waals surface area contributed by atoms with Gasteiger partial charge < -0.3 is 10.2 Å². The summed E-state index contributed by atoms with van der Waals surface area (Å²) in [5.74, 6) is -2.19. The van der Waals surface area contributed by atoms with E-state index in [9.17, 15) is 32.0 Å². The number of phenolic OH excluding ortho intramolecular Hbond substituents is 2. The molecule has 0 aliphatic heterocycles. The average Bonchev–Trinajstić information content (AvgIpc) is 2.39. The predicted octanol–water partition coefficient (Wildman–Crippen LogP) is 1.14. The van der Waals surface area contributed by atoms with Crippen LogP contribution in [0.1, 0.15) is 0 Å². The van der Waals surface area contributed by atoms with Gasteiger partial charge >= 0.3 is 10.1 Å². The summed E-state index contributed by atoms with van der Waals surface area (Å²) in [5.41, 5.74) is -1.13. The van der Waals surface area contributed by atoms with Crippen molar-refractivity contribution in [2.45, 2.75) is 9.79 Å². The molecule has 0 aromatic heterocycles. The molecule has 0 aliphatic carbocycles. The maximum Gasteiger partial charge on any atom is 0.300 e. The van der Waals surface area contributed by atoms with Crippen molar-refractivity contribution in [2.75, 3.05) is 0 Å². The molecule has 4 N–H and O–H groups in total. The standard InChI is InChI=1S/C10H7NO9S2/c12-8-5-2-1-4(21(15,16)17)3-6(5)9(13)10(7(8)11-14)22(18,19)20/h1-3,12-13H,(H,15,16,17)(H,18,19,20). The number of hydrogen-bond donors (Lipinski definition) is 4. The quantitative estimate of drug-likeness (QED) is 0.359. The minimum Gasteiger partial charge on any atom is -0.506 e. The zero-order chi connectivity index (χ0) is 16.9. The van der Waals surface area contributed by atoms with E-state index in [0.717, 1.165) is 12.1 Å². The summed E-state index contributed by atoms with van der Waals surface area (Å²) in [6, 6.07) is 2.41. The van der Waals surface area contributed by atoms with Crippen LogP contribution in [-0.2, 0) is 20.2 Å². The molecule has 0 radical (unpaired) electrons. The SMILES string of the molecule is O=Nc1c(S(=O)(=O)O)c(O)c2cc(S(=O)(=O)O)ccc2c1O. The molecular weight excluding hydrogens is 342 g/mol. The zero-order valence-corrected chi connectivity index (χ0v) is 12.0. The third kappa shape index (κ3) is 2.48. The molecule has 0 atom stereocenters. The first kappa shape index (κ1) is 16.1. The van der Waals surface area contributed by atoms with Crippen LogP contribution in [-0.4, -0.2) is 36.2 Å². The summed E-state index contributed by atoms with van der Waals surface area (Å²) in [7, 11) is -9.83. The van der Waals surface area contributed by atoms with Crippen LogP contribution in [0.3, 0.4) is 0 Å². The molecule has 0 spiro atoms. The van der Waals surface area contributed by atoms with Crippen molar-refractivity contribution in [1.82, 2.24) is 0 Å². The van der Waals surface area contributed by atoms with E-state index in [4.69, 9.17) is 9.11 Å². The third-order valence-electron chi connectivity index (χ3n) is 2.80. The van der Waals surface area contributed by atoms with E-state index in [1.54, 1.807) is 0 Å². The number of fused-ring (bicyclic) bond motifs is 1. The Hall–Kier alpha value is -2.28. The van der Waals surface area contributed by atoms with Gasteiger partial charge in [-0.25, -0.2) is 0 Å². The number of phenols is 2. The van der Waals surface area contributed by atoms with Crippen molar-refractivity contribution in [3.8, 4) is 11.5 Å². The first-order valence-electron chi connectivity index (χ1n) is 5.28. The van der Waals surface area contributed by atoms with Crippen LogP contribution < -0.4 is 0 Å². The second-order valence-electron chi connectivity index (χ2n) is 4.12. The van der Waals surface area contributed by atoms with E-state index >= 15 is 0 Å². The lowest BCUT2D eigenvalue weighted by atomic mass is 10.1. The fraction of sp³-hybridized carbons (Fsp3) is 0. The molecule has 2 rings (SSSR count). The van der Waals surface area contributed by atoms with Gasteiger partial charge in [0.2, 0.25) is 0 Å². The molecular formula is C10H7NO9S2. The van der Waals surface area contributed by atoms with Crippen LogP contribution in [0, 0.1) is 4.91 Å². The first-order valence-corrected chi connectivity index (χ1v) is 8.16. The van der Waals surface area contributed by atoms with Crippen molar-refractivity contribution in [2.24, 2.45) is 5.18 Å². The van der Waals surface area contributed by atoms with Gasteiger partial charge in [0.1, 0.15) is 5.75 Å². The zero-order valence-electron chi connectivity index (χ0n) is 10.3. The molecule has 0 heterocycles. The average molecular weight is 349 g/mol. The number of nitrogens with zero attached hydrogens (tertiary/aromatic N) is 1. The van der Waals surface area contributed by atoms with Gasteiger partial charge in [-0.3, -0.25) is 9.11 Å². The van der Waals surface area contributed by atoms with Crippen LogP contribution in [0.4, 0.5) is 5.69 Å². The smallest absolute Gasteiger partial charge is 0.300 e. The Morgan fingerprint density at radius 3 is 1.91 bits per heavy atom. The van der Waals surface area contributed by atoms with Gasteiger partial charge in [0.25, 0.3) is 10.1 Å². The number of aromatic hydroxyl groups is 2. The molecule has 0 fully saturated rings. The molecule has 22 heavy (non-hydrogen) atoms. The van der Waals surface area contributed by atoms with Gasteiger partial charge in [0.05, 0.1) is 4.90 Å². The molecule has 2 aromatic rings. The highest BCUT2D eigenvalue weighted by Gasteiger charge is 2.29. The first-order chi connectivity index (χ1) is 9.98. The maximum atomic E-state index is 11.2. The molecule has 12 heteroatoms. The molecule has 10 nitrogen and oxygen atoms in total. The minimum atomic E-state index is -5.15. The molecule has 0 saturated heterocycles. The minimum absolute atomic E-state index is 0.313. The fourth-order valence-corrected chi connectivity index (χ4v) is 3.12. The summed E-state index contributed by atoms with van der Waals surface area (Å²) < 4.78 is 62.5. The second-order valence-corrected chi connectivity index (χ2v) is 6.90. The van der Waals surface area contributed by atoms with Crippen molar-refractivity contribution in [3.05, 3.63) is 23.1 Å². The molecule has 118 valence electrons. The Balaban J connectivity index is 3.11. The van der Waals surface area contributed by atoms with Gasteiger partial charge in [-0.15, -0.1) is 4.91 Å². The van der Waals surface area contributed by atoms with Crippen molar-refractivity contribution >= 4 is 36.7 Å². The Morgan fingerprint density at radius 1 is 0.864 bits per heavy atom. The normalized spacial score (nSPS) is 12.5. The number of hydrogen-bond acceptors (Lipinski definition) is 8. The second kappa shape index (κ2) is 4.88. The lowest BCUT2D eigenvalue weighted by Gasteiger charge is -2.11. The van der Waals surface area contributed by atoms with E-state index < -0.39 is 52.6 Å². The topological polar surface area (TPSA) is 179 Å². The lowest BCUT2D eigenvalue weighted by molar-refractivity contribution is 0.441. The van der Waals surface area contributed by atoms with Crippen LogP contribution >= 0.6 is 0 Å². The van der Waals surface area contributed by atoms with Crippen LogP contribution in [0.15, 0.2) is 33.2 Å². The molecule has 0 bridgehead atoms. The van der Waals surface area contributed by atoms with E-state index in [-0.39, 0.29) is 5.39 Å². The van der Waals surface area contributed by atoms with E-state index in [1.807, 2.05) is 0 Å². The number of benzene rings is 2. The van der Waals surface area contributed by atoms with Gasteiger partial charge in [0, 0.05) is 10.8 Å². The van der Waals surface area contributed by atoms with E-state index in [2.05, 4.69) is 5.18 Å². The van der Waals surface area contributed by atoms with Crippen molar-refractivity contribution < 1.29 is 36.2 Å². The molecule has 2 aromatic carbocycles. The highest BCUT2D eigenvalue weighted by atomic mass is 32.2. The predicted molar refractivity (Wildman–Crippen MR) is 72.4 cm³/mol. The summed E-state index contributed by atoms with van der Waals surface area (Å²) >= 11 is 0. The molecule has 0 amide bonds. The molecule has 0 unspecified atom stereocenters. The maximum absolute atomic E-state index is 11.2. The van der Waals surface area contributed by atoms with Crippen LogP contribution in [0.25, 0.3) is 10.8 Å². The number of nitroso groups, excluding NO2 is 1. The summed E-state index contributed by atoms with van der Waals surface area (Å²) in [6.07, 6.45) is 0. The summed E-state index contributed by atoms with van der Waals surface area (Å²) in [5, 5.41) is 21.1. The summed E-state index contributed by atoms with van der Waals surface area (Å²) in [6.45, 7) is 0. The van der Waals surface area contributed by atoms with Gasteiger partial charge in [-0.05, 0) is 23.4 Å². The molecule has 0 saturated carbocycles. The van der Waals surface area contributed by atoms with Crippen molar-refractivity contribution in [3.63, 3.8) is 0 Å². The Bertz CT molecular complexity index is 1010. The highest BCUT2D eigenvalue weighted by molar-refractivity contribution is 7.86. The Kier molecular flexibility index (Phi) is 3.57. The van der Waals surface area contributed by atoms with E-state index in [0.29, 0.717) is 6.07 Å². The summed E-state index contributed by atoms with van der Waals surface area (Å²) in [4.78, 5) is 8.60. The highest BCUT2D eigenvalue weighted by Crippen LogP contribution is 2.47. The Labute approximate surface area is 123 Å². The van der Waals surface area contributed by atoms with Gasteiger partial charge in [-0.1, -0.05) is 0 Å². The number of rotatable bonds is 3. The van der Waals surface area contributed by atoms with Gasteiger partial charge in [-0.2, -0.15) is 16.8 Å². The lowest BCUT2D eigenvalue weighted by Crippen LogP contribution is -2.01.